The zero-order chi connectivity index (χ0) is 21.6. The fourth-order valence-electron chi connectivity index (χ4n) is 3.89. The fourth-order valence-corrected chi connectivity index (χ4v) is 3.89. The third-order valence-electron chi connectivity index (χ3n) is 5.33. The normalized spacial score (nSPS) is 15.9. The first-order valence-corrected chi connectivity index (χ1v) is 9.54. The number of aryl methyl sites for hydroxylation is 1. The summed E-state index contributed by atoms with van der Waals surface area (Å²) in [6.07, 6.45) is 0. The molecule has 0 aliphatic carbocycles. The van der Waals surface area contributed by atoms with Crippen LogP contribution in [0.1, 0.15) is 6.92 Å². The number of hydrogen-bond acceptors (Lipinski definition) is 7. The van der Waals surface area contributed by atoms with Gasteiger partial charge in [-0.25, -0.2) is 9.36 Å². The highest BCUT2D eigenvalue weighted by Gasteiger charge is 2.31. The monoisotopic (exact) mass is 413 g/mol. The van der Waals surface area contributed by atoms with Crippen LogP contribution in [0.4, 0.5) is 11.6 Å². The van der Waals surface area contributed by atoms with E-state index in [0.717, 1.165) is 10.3 Å². The van der Waals surface area contributed by atoms with Crippen molar-refractivity contribution in [3.8, 4) is 5.75 Å². The average molecular weight is 413 g/mol. The molecule has 0 unspecified atom stereocenters. The van der Waals surface area contributed by atoms with Crippen molar-refractivity contribution in [1.82, 2.24) is 18.7 Å². The van der Waals surface area contributed by atoms with Crippen molar-refractivity contribution < 1.29 is 14.3 Å². The summed E-state index contributed by atoms with van der Waals surface area (Å²) >= 11 is 0. The number of rotatable bonds is 4. The number of nitrogens with zero attached hydrogens (tertiary/aromatic N) is 5. The third-order valence-corrected chi connectivity index (χ3v) is 5.33. The van der Waals surface area contributed by atoms with E-state index >= 15 is 0 Å². The maximum absolute atomic E-state index is 13.2. The molecule has 1 aliphatic heterocycles. The average Bonchev–Trinajstić information content (AvgIpc) is 3.13. The van der Waals surface area contributed by atoms with Gasteiger partial charge in [0, 0.05) is 20.1 Å². The molecule has 1 atom stereocenters. The molecule has 0 bridgehead atoms. The Bertz CT molecular complexity index is 1250. The van der Waals surface area contributed by atoms with Gasteiger partial charge in [0.15, 0.2) is 11.2 Å². The Hall–Kier alpha value is -3.56. The van der Waals surface area contributed by atoms with Crippen LogP contribution in [-0.2, 0) is 29.7 Å². The van der Waals surface area contributed by atoms with E-state index in [4.69, 9.17) is 4.74 Å². The molecule has 1 aliphatic rings. The summed E-state index contributed by atoms with van der Waals surface area (Å²) in [7, 11) is 4.35. The maximum Gasteiger partial charge on any atom is 0.333 e. The summed E-state index contributed by atoms with van der Waals surface area (Å²) in [4.78, 5) is 44.3. The molecule has 1 aromatic carbocycles. The van der Waals surface area contributed by atoms with Crippen LogP contribution in [0.3, 0.4) is 0 Å². The molecule has 0 fully saturated rings. The smallest absolute Gasteiger partial charge is 0.333 e. The van der Waals surface area contributed by atoms with Gasteiger partial charge in [-0.3, -0.25) is 14.2 Å². The van der Waals surface area contributed by atoms with Crippen molar-refractivity contribution in [3.05, 3.63) is 45.1 Å². The molecule has 10 nitrogen and oxygen atoms in total. The lowest BCUT2D eigenvalue weighted by atomic mass is 10.1. The molecule has 3 aromatic rings. The summed E-state index contributed by atoms with van der Waals surface area (Å²) in [6.45, 7) is 2.85. The number of para-hydroxylation sites is 2. The molecule has 0 amide bonds. The highest BCUT2D eigenvalue weighted by molar-refractivity contribution is 5.78. The van der Waals surface area contributed by atoms with Gasteiger partial charge in [-0.1, -0.05) is 19.1 Å². The van der Waals surface area contributed by atoms with Gasteiger partial charge in [0.05, 0.1) is 19.9 Å². The summed E-state index contributed by atoms with van der Waals surface area (Å²) < 4.78 is 14.1. The molecule has 4 rings (SSSR count). The van der Waals surface area contributed by atoms with Crippen LogP contribution in [0, 0.1) is 5.92 Å². The van der Waals surface area contributed by atoms with Crippen molar-refractivity contribution in [1.29, 1.82) is 0 Å². The second-order valence-corrected chi connectivity index (χ2v) is 7.39. The van der Waals surface area contributed by atoms with Crippen molar-refractivity contribution in [2.24, 2.45) is 13.0 Å². The summed E-state index contributed by atoms with van der Waals surface area (Å²) in [6, 6.07) is 7.58. The Morgan fingerprint density at radius 2 is 1.93 bits per heavy atom. The Morgan fingerprint density at radius 3 is 2.63 bits per heavy atom. The number of anilines is 2. The minimum Gasteiger partial charge on any atom is -0.495 e. The third kappa shape index (κ3) is 2.95. The van der Waals surface area contributed by atoms with Crippen LogP contribution in [0.15, 0.2) is 33.9 Å². The highest BCUT2D eigenvalue weighted by atomic mass is 16.5. The van der Waals surface area contributed by atoms with E-state index in [9.17, 15) is 14.4 Å². The number of methoxy groups -OCH3 is 2. The van der Waals surface area contributed by atoms with E-state index in [0.29, 0.717) is 24.8 Å². The molecule has 0 saturated heterocycles. The van der Waals surface area contributed by atoms with Crippen molar-refractivity contribution in [2.45, 2.75) is 20.0 Å². The van der Waals surface area contributed by atoms with Crippen LogP contribution >= 0.6 is 0 Å². The number of aromatic nitrogens is 4. The molecular weight excluding hydrogens is 390 g/mol. The molecule has 10 heteroatoms. The Balaban J connectivity index is 2.00. The molecule has 158 valence electrons. The van der Waals surface area contributed by atoms with Crippen molar-refractivity contribution in [3.63, 3.8) is 0 Å². The summed E-state index contributed by atoms with van der Waals surface area (Å²) in [5.74, 6) is 0.763. The summed E-state index contributed by atoms with van der Waals surface area (Å²) in [5, 5.41) is 0. The molecule has 3 heterocycles. The Morgan fingerprint density at radius 1 is 1.20 bits per heavy atom. The lowest BCUT2D eigenvalue weighted by Crippen LogP contribution is -2.42. The van der Waals surface area contributed by atoms with Crippen LogP contribution in [0.2, 0.25) is 0 Å². The predicted molar refractivity (Wildman–Crippen MR) is 110 cm³/mol. The van der Waals surface area contributed by atoms with Crippen LogP contribution < -0.4 is 20.9 Å². The topological polar surface area (TPSA) is 101 Å². The number of benzene rings is 1. The Labute approximate surface area is 171 Å². The molecule has 2 aromatic heterocycles. The van der Waals surface area contributed by atoms with Gasteiger partial charge < -0.3 is 18.9 Å². The fraction of sp³-hybridized carbons (Fsp3) is 0.400. The zero-order valence-electron chi connectivity index (χ0n) is 17.3. The van der Waals surface area contributed by atoms with E-state index in [-0.39, 0.29) is 17.1 Å². The first kappa shape index (κ1) is 19.7. The molecule has 0 saturated carbocycles. The van der Waals surface area contributed by atoms with Gasteiger partial charge >= 0.3 is 11.7 Å². The van der Waals surface area contributed by atoms with Gasteiger partial charge in [-0.15, -0.1) is 0 Å². The molecule has 0 radical (unpaired) electrons. The number of hydrogen-bond donors (Lipinski definition) is 0. The van der Waals surface area contributed by atoms with Gasteiger partial charge in [0.2, 0.25) is 5.95 Å². The highest BCUT2D eigenvalue weighted by Crippen LogP contribution is 2.37. The quantitative estimate of drug-likeness (QED) is 0.585. The van der Waals surface area contributed by atoms with E-state index in [1.165, 1.54) is 18.7 Å². The number of fused-ring (bicyclic) bond motifs is 3. The van der Waals surface area contributed by atoms with Crippen molar-refractivity contribution >= 4 is 28.8 Å². The van der Waals surface area contributed by atoms with E-state index in [2.05, 4.69) is 16.6 Å². The van der Waals surface area contributed by atoms with Crippen LogP contribution in [-0.4, -0.2) is 45.4 Å². The zero-order valence-corrected chi connectivity index (χ0v) is 17.3. The van der Waals surface area contributed by atoms with Gasteiger partial charge in [0.1, 0.15) is 12.3 Å². The number of carbonyl (C=O) groups excluding carboxylic acids is 1. The van der Waals surface area contributed by atoms with E-state index in [1.807, 2.05) is 33.7 Å². The number of esters is 1. The maximum atomic E-state index is 13.2. The predicted octanol–water partition coefficient (Wildman–Crippen LogP) is 0.866. The van der Waals surface area contributed by atoms with Crippen molar-refractivity contribution in [2.75, 3.05) is 25.7 Å². The first-order valence-electron chi connectivity index (χ1n) is 9.54. The number of imidazole rings is 1. The lowest BCUT2D eigenvalue weighted by Gasteiger charge is -2.33. The second-order valence-electron chi connectivity index (χ2n) is 7.39. The van der Waals surface area contributed by atoms with Gasteiger partial charge in [0.25, 0.3) is 5.56 Å². The number of carbonyl (C=O) groups is 1. The van der Waals surface area contributed by atoms with E-state index in [1.54, 1.807) is 7.11 Å². The van der Waals surface area contributed by atoms with Crippen LogP contribution in [0.25, 0.3) is 11.2 Å². The molecule has 30 heavy (non-hydrogen) atoms. The largest absolute Gasteiger partial charge is 0.495 e. The first-order chi connectivity index (χ1) is 14.4. The minimum absolute atomic E-state index is 0.200. The molecular formula is C20H23N5O5. The molecule has 0 N–H and O–H groups in total. The molecule has 0 spiro atoms. The summed E-state index contributed by atoms with van der Waals surface area (Å²) in [5.41, 5.74) is 0.192. The minimum atomic E-state index is -0.670. The van der Waals surface area contributed by atoms with Gasteiger partial charge in [-0.05, 0) is 18.1 Å². The standard InChI is InChI=1S/C20H23N5O5/c1-12-9-23(13-7-5-6-8-14(13)29-3)19-21-17-16(24(19)10-12)18(27)25(11-15(26)30-4)20(28)22(17)2/h5-8,12H,9-11H2,1-4H3/t12-/m0/s1. The SMILES string of the molecule is COC(=O)Cn1c(=O)c2c(nc3n2C[C@@H](C)CN3c2ccccc2OC)n(C)c1=O. The second kappa shape index (κ2) is 7.36. The van der Waals surface area contributed by atoms with Crippen LogP contribution in [0.5, 0.6) is 5.75 Å². The van der Waals surface area contributed by atoms with Gasteiger partial charge in [-0.2, -0.15) is 4.98 Å². The number of ether oxygens (including phenoxy) is 2. The lowest BCUT2D eigenvalue weighted by molar-refractivity contribution is -0.141. The van der Waals surface area contributed by atoms with E-state index < -0.39 is 23.8 Å². The Kier molecular flexibility index (Phi) is 4.84.